The second-order valence-corrected chi connectivity index (χ2v) is 5.02. The van der Waals surface area contributed by atoms with Crippen molar-refractivity contribution >= 4 is 5.91 Å². The van der Waals surface area contributed by atoms with Gasteiger partial charge < -0.3 is 9.73 Å². The van der Waals surface area contributed by atoms with E-state index in [1.54, 1.807) is 6.26 Å². The van der Waals surface area contributed by atoms with Crippen LogP contribution in [0.15, 0.2) is 47.1 Å². The number of carbonyl (C=O) groups is 1. The molecule has 0 bridgehead atoms. The average molecular weight is 255 g/mol. The lowest BCUT2D eigenvalue weighted by Gasteiger charge is -2.04. The maximum Gasteiger partial charge on any atom is 0.220 e. The normalized spacial score (nSPS) is 14.3. The van der Waals surface area contributed by atoms with Gasteiger partial charge in [0.1, 0.15) is 5.76 Å². The summed E-state index contributed by atoms with van der Waals surface area (Å²) >= 11 is 0. The Morgan fingerprint density at radius 3 is 2.63 bits per heavy atom. The molecule has 0 radical (unpaired) electrons. The molecular weight excluding hydrogens is 238 g/mol. The molecule has 0 spiro atoms. The number of aryl methyl sites for hydroxylation is 1. The summed E-state index contributed by atoms with van der Waals surface area (Å²) in [5.74, 6) is 1.04. The Morgan fingerprint density at radius 1 is 1.21 bits per heavy atom. The van der Waals surface area contributed by atoms with Crippen LogP contribution in [0.5, 0.6) is 0 Å². The van der Waals surface area contributed by atoms with E-state index < -0.39 is 0 Å². The molecule has 1 aromatic heterocycles. The van der Waals surface area contributed by atoms with Crippen molar-refractivity contribution < 1.29 is 9.21 Å². The van der Waals surface area contributed by atoms with Crippen molar-refractivity contribution in [3.05, 3.63) is 48.2 Å². The molecule has 2 aromatic rings. The number of benzene rings is 1. The van der Waals surface area contributed by atoms with Gasteiger partial charge in [-0.1, -0.05) is 24.3 Å². The zero-order chi connectivity index (χ0) is 13.1. The number of nitrogens with one attached hydrogen (secondary N) is 1. The van der Waals surface area contributed by atoms with Crippen molar-refractivity contribution in [3.8, 4) is 11.3 Å². The van der Waals surface area contributed by atoms with Crippen LogP contribution in [0.1, 0.15) is 24.8 Å². The molecule has 1 saturated carbocycles. The van der Waals surface area contributed by atoms with Crippen LogP contribution in [-0.2, 0) is 11.2 Å². The average Bonchev–Trinajstić information content (AvgIpc) is 3.07. The first-order valence-electron chi connectivity index (χ1n) is 6.73. The van der Waals surface area contributed by atoms with E-state index in [4.69, 9.17) is 4.42 Å². The van der Waals surface area contributed by atoms with Gasteiger partial charge >= 0.3 is 0 Å². The summed E-state index contributed by atoms with van der Waals surface area (Å²) in [6.07, 6.45) is 5.31. The number of carbonyl (C=O) groups excluding carboxylic acids is 1. The number of hydrogen-bond donors (Lipinski definition) is 1. The fraction of sp³-hybridized carbons (Fsp3) is 0.312. The maximum atomic E-state index is 11.6. The molecule has 98 valence electrons. The van der Waals surface area contributed by atoms with Gasteiger partial charge in [0.2, 0.25) is 5.91 Å². The molecule has 3 rings (SSSR count). The number of amides is 1. The van der Waals surface area contributed by atoms with E-state index in [2.05, 4.69) is 17.4 Å². The Kier molecular flexibility index (Phi) is 3.36. The van der Waals surface area contributed by atoms with Crippen LogP contribution in [-0.4, -0.2) is 11.9 Å². The van der Waals surface area contributed by atoms with Crippen molar-refractivity contribution in [3.63, 3.8) is 0 Å². The quantitative estimate of drug-likeness (QED) is 0.891. The lowest BCUT2D eigenvalue weighted by Crippen LogP contribution is -2.25. The topological polar surface area (TPSA) is 42.2 Å². The van der Waals surface area contributed by atoms with Gasteiger partial charge in [0.15, 0.2) is 0 Å². The van der Waals surface area contributed by atoms with E-state index in [9.17, 15) is 4.79 Å². The second kappa shape index (κ2) is 5.31. The van der Waals surface area contributed by atoms with E-state index in [0.717, 1.165) is 30.6 Å². The van der Waals surface area contributed by atoms with Crippen LogP contribution in [0.2, 0.25) is 0 Å². The standard InChI is InChI=1S/C16H17NO2/c18-16(17-14-8-9-14)10-5-12-3-6-13(7-4-12)15-2-1-11-19-15/h1-4,6-7,11,14H,5,8-10H2,(H,17,18). The minimum atomic E-state index is 0.164. The largest absolute Gasteiger partial charge is 0.464 e. The smallest absolute Gasteiger partial charge is 0.220 e. The van der Waals surface area contributed by atoms with E-state index in [-0.39, 0.29) is 5.91 Å². The highest BCUT2D eigenvalue weighted by molar-refractivity contribution is 5.76. The molecule has 3 heteroatoms. The summed E-state index contributed by atoms with van der Waals surface area (Å²) in [5, 5.41) is 3.00. The van der Waals surface area contributed by atoms with E-state index in [1.165, 1.54) is 5.56 Å². The maximum absolute atomic E-state index is 11.6. The predicted molar refractivity (Wildman–Crippen MR) is 73.6 cm³/mol. The summed E-state index contributed by atoms with van der Waals surface area (Å²) in [7, 11) is 0. The molecule has 0 unspecified atom stereocenters. The molecule has 1 aliphatic carbocycles. The van der Waals surface area contributed by atoms with Gasteiger partial charge in [-0.2, -0.15) is 0 Å². The van der Waals surface area contributed by atoms with Crippen LogP contribution < -0.4 is 5.32 Å². The fourth-order valence-electron chi connectivity index (χ4n) is 2.06. The molecule has 0 atom stereocenters. The van der Waals surface area contributed by atoms with Gasteiger partial charge in [-0.05, 0) is 37.0 Å². The Labute approximate surface area is 112 Å². The summed E-state index contributed by atoms with van der Waals surface area (Å²) in [6, 6.07) is 12.5. The van der Waals surface area contributed by atoms with Crippen LogP contribution in [0.4, 0.5) is 0 Å². The number of hydrogen-bond acceptors (Lipinski definition) is 2. The molecule has 0 aliphatic heterocycles. The monoisotopic (exact) mass is 255 g/mol. The molecule has 3 nitrogen and oxygen atoms in total. The fourth-order valence-corrected chi connectivity index (χ4v) is 2.06. The first-order valence-corrected chi connectivity index (χ1v) is 6.73. The third-order valence-corrected chi connectivity index (χ3v) is 3.34. The van der Waals surface area contributed by atoms with E-state index in [0.29, 0.717) is 12.5 Å². The highest BCUT2D eigenvalue weighted by Gasteiger charge is 2.22. The first kappa shape index (κ1) is 12.0. The summed E-state index contributed by atoms with van der Waals surface area (Å²) in [5.41, 5.74) is 2.25. The molecule has 1 fully saturated rings. The van der Waals surface area contributed by atoms with Crippen LogP contribution in [0.3, 0.4) is 0 Å². The van der Waals surface area contributed by atoms with Crippen molar-refractivity contribution in [1.82, 2.24) is 5.32 Å². The highest BCUT2D eigenvalue weighted by atomic mass is 16.3. The number of furan rings is 1. The van der Waals surface area contributed by atoms with Gasteiger partial charge in [0.25, 0.3) is 0 Å². The van der Waals surface area contributed by atoms with Crippen molar-refractivity contribution in [1.29, 1.82) is 0 Å². The molecule has 1 aliphatic rings. The SMILES string of the molecule is O=C(CCc1ccc(-c2ccco2)cc1)NC1CC1. The minimum absolute atomic E-state index is 0.164. The van der Waals surface area contributed by atoms with Crippen LogP contribution in [0.25, 0.3) is 11.3 Å². The summed E-state index contributed by atoms with van der Waals surface area (Å²) in [4.78, 5) is 11.6. The Hall–Kier alpha value is -2.03. The lowest BCUT2D eigenvalue weighted by molar-refractivity contribution is -0.121. The Balaban J connectivity index is 1.55. The molecule has 1 N–H and O–H groups in total. The van der Waals surface area contributed by atoms with Crippen LogP contribution in [0, 0.1) is 0 Å². The third-order valence-electron chi connectivity index (χ3n) is 3.34. The van der Waals surface area contributed by atoms with Gasteiger partial charge in [0, 0.05) is 18.0 Å². The molecule has 19 heavy (non-hydrogen) atoms. The zero-order valence-electron chi connectivity index (χ0n) is 10.8. The second-order valence-electron chi connectivity index (χ2n) is 5.02. The van der Waals surface area contributed by atoms with Gasteiger partial charge in [-0.3, -0.25) is 4.79 Å². The van der Waals surface area contributed by atoms with Crippen molar-refractivity contribution in [2.75, 3.05) is 0 Å². The predicted octanol–water partition coefficient (Wildman–Crippen LogP) is 3.16. The highest BCUT2D eigenvalue weighted by Crippen LogP contribution is 2.21. The van der Waals surface area contributed by atoms with Crippen molar-refractivity contribution in [2.24, 2.45) is 0 Å². The summed E-state index contributed by atoms with van der Waals surface area (Å²) in [6.45, 7) is 0. The first-order chi connectivity index (χ1) is 9.31. The summed E-state index contributed by atoms with van der Waals surface area (Å²) < 4.78 is 5.34. The number of rotatable bonds is 5. The Morgan fingerprint density at radius 2 is 2.00 bits per heavy atom. The van der Waals surface area contributed by atoms with Crippen LogP contribution >= 0.6 is 0 Å². The molecule has 1 heterocycles. The molecule has 1 aromatic carbocycles. The van der Waals surface area contributed by atoms with Gasteiger partial charge in [0.05, 0.1) is 6.26 Å². The molecule has 1 amide bonds. The third kappa shape index (κ3) is 3.25. The van der Waals surface area contributed by atoms with Gasteiger partial charge in [-0.15, -0.1) is 0 Å². The van der Waals surface area contributed by atoms with E-state index >= 15 is 0 Å². The van der Waals surface area contributed by atoms with Crippen molar-refractivity contribution in [2.45, 2.75) is 31.7 Å². The molecule has 0 saturated heterocycles. The van der Waals surface area contributed by atoms with E-state index in [1.807, 2.05) is 24.3 Å². The zero-order valence-corrected chi connectivity index (χ0v) is 10.8. The minimum Gasteiger partial charge on any atom is -0.464 e. The lowest BCUT2D eigenvalue weighted by atomic mass is 10.1. The van der Waals surface area contributed by atoms with Gasteiger partial charge in [-0.25, -0.2) is 0 Å². The Bertz CT molecular complexity index is 539. The molecular formula is C16H17NO2.